The van der Waals surface area contributed by atoms with Gasteiger partial charge in [0.1, 0.15) is 6.07 Å². The Balaban J connectivity index is 2.53. The van der Waals surface area contributed by atoms with E-state index in [0.717, 1.165) is 13.1 Å². The molecule has 1 aliphatic heterocycles. The van der Waals surface area contributed by atoms with E-state index >= 15 is 0 Å². The van der Waals surface area contributed by atoms with Gasteiger partial charge in [-0.1, -0.05) is 0 Å². The highest BCUT2D eigenvalue weighted by Gasteiger charge is 2.36. The fraction of sp³-hybridized carbons (Fsp3) is 0.800. The largest absolute Gasteiger partial charge is 0.364 e. The number of rotatable bonds is 1. The van der Waals surface area contributed by atoms with Gasteiger partial charge in [0.2, 0.25) is 5.72 Å². The quantitative estimate of drug-likeness (QED) is 0.368. The summed E-state index contributed by atoms with van der Waals surface area (Å²) in [4.78, 5) is 1.69. The zero-order valence-electron chi connectivity index (χ0n) is 4.76. The van der Waals surface area contributed by atoms with Crippen molar-refractivity contribution < 1.29 is 5.11 Å². The van der Waals surface area contributed by atoms with Crippen LogP contribution in [-0.4, -0.2) is 28.8 Å². The molecule has 0 radical (unpaired) electrons. The molecule has 1 unspecified atom stereocenters. The van der Waals surface area contributed by atoms with Crippen molar-refractivity contribution >= 4 is 0 Å². The first-order valence-corrected chi connectivity index (χ1v) is 2.55. The molecule has 1 fully saturated rings. The molecule has 0 aromatic carbocycles. The summed E-state index contributed by atoms with van der Waals surface area (Å²) in [5, 5.41) is 17.3. The molecular weight excluding hydrogens is 104 g/mol. The van der Waals surface area contributed by atoms with Gasteiger partial charge < -0.3 is 5.11 Å². The number of nitriles is 1. The van der Waals surface area contributed by atoms with Gasteiger partial charge in [0, 0.05) is 13.1 Å². The van der Waals surface area contributed by atoms with E-state index in [4.69, 9.17) is 10.4 Å². The van der Waals surface area contributed by atoms with E-state index in [-0.39, 0.29) is 0 Å². The van der Waals surface area contributed by atoms with Crippen molar-refractivity contribution in [3.63, 3.8) is 0 Å². The Hall–Kier alpha value is -0.590. The lowest BCUT2D eigenvalue weighted by Crippen LogP contribution is -2.31. The lowest BCUT2D eigenvalue weighted by molar-refractivity contribution is 0.0247. The van der Waals surface area contributed by atoms with Crippen molar-refractivity contribution in [1.82, 2.24) is 4.90 Å². The van der Waals surface area contributed by atoms with Crippen LogP contribution >= 0.6 is 0 Å². The molecular formula is C5H8N2O. The maximum absolute atomic E-state index is 9.03. The molecule has 1 atom stereocenters. The molecule has 0 aromatic heterocycles. The van der Waals surface area contributed by atoms with Crippen LogP contribution in [0.3, 0.4) is 0 Å². The molecule has 3 nitrogen and oxygen atoms in total. The fourth-order valence-electron chi connectivity index (χ4n) is 0.556. The van der Waals surface area contributed by atoms with Crippen LogP contribution in [0.15, 0.2) is 0 Å². The van der Waals surface area contributed by atoms with Gasteiger partial charge in [-0.15, -0.1) is 0 Å². The summed E-state index contributed by atoms with van der Waals surface area (Å²) in [5.74, 6) is 0. The van der Waals surface area contributed by atoms with Crippen molar-refractivity contribution in [2.75, 3.05) is 13.1 Å². The normalized spacial score (nSPS) is 26.1. The zero-order valence-corrected chi connectivity index (χ0v) is 4.76. The molecule has 1 N–H and O–H groups in total. The van der Waals surface area contributed by atoms with E-state index < -0.39 is 5.72 Å². The molecule has 8 heavy (non-hydrogen) atoms. The molecule has 1 heterocycles. The van der Waals surface area contributed by atoms with Gasteiger partial charge in [-0.05, 0) is 6.92 Å². The Morgan fingerprint density at radius 3 is 2.38 bits per heavy atom. The summed E-state index contributed by atoms with van der Waals surface area (Å²) in [6, 6.07) is 1.78. The standard InChI is InChI=1S/C5H8N2O/c1-5(8,4-6)7-2-3-7/h8H,2-3H2,1H3. The lowest BCUT2D eigenvalue weighted by atomic mass is 10.3. The predicted molar refractivity (Wildman–Crippen MR) is 27.8 cm³/mol. The third kappa shape index (κ3) is 0.808. The summed E-state index contributed by atoms with van der Waals surface area (Å²) < 4.78 is 0. The summed E-state index contributed by atoms with van der Waals surface area (Å²) in [7, 11) is 0. The Morgan fingerprint density at radius 2 is 2.25 bits per heavy atom. The van der Waals surface area contributed by atoms with E-state index in [2.05, 4.69) is 0 Å². The molecule has 3 heteroatoms. The SMILES string of the molecule is CC(O)(C#N)N1CC1. The number of aliphatic hydroxyl groups is 1. The predicted octanol–water partition coefficient (Wildman–Crippen LogP) is -0.466. The third-order valence-corrected chi connectivity index (χ3v) is 1.27. The average molecular weight is 112 g/mol. The highest BCUT2D eigenvalue weighted by Crippen LogP contribution is 2.17. The summed E-state index contributed by atoms with van der Waals surface area (Å²) >= 11 is 0. The highest BCUT2D eigenvalue weighted by molar-refractivity contribution is 5.00. The van der Waals surface area contributed by atoms with Crippen LogP contribution in [0.1, 0.15) is 6.92 Å². The van der Waals surface area contributed by atoms with E-state index in [1.54, 1.807) is 11.0 Å². The van der Waals surface area contributed by atoms with Crippen LogP contribution in [-0.2, 0) is 0 Å². The minimum absolute atomic E-state index is 0.848. The fourth-order valence-corrected chi connectivity index (χ4v) is 0.556. The van der Waals surface area contributed by atoms with Gasteiger partial charge in [0.15, 0.2) is 0 Å². The van der Waals surface area contributed by atoms with Gasteiger partial charge in [-0.3, -0.25) is 4.90 Å². The Morgan fingerprint density at radius 1 is 1.75 bits per heavy atom. The van der Waals surface area contributed by atoms with E-state index in [1.165, 1.54) is 6.92 Å². The second-order valence-corrected chi connectivity index (χ2v) is 2.12. The van der Waals surface area contributed by atoms with Crippen LogP contribution in [0.25, 0.3) is 0 Å². The average Bonchev–Trinajstić information content (AvgIpc) is 2.44. The second-order valence-electron chi connectivity index (χ2n) is 2.12. The Labute approximate surface area is 48.1 Å². The Kier molecular flexibility index (Phi) is 0.999. The molecule has 44 valence electrons. The summed E-state index contributed by atoms with van der Waals surface area (Å²) in [5.41, 5.74) is -1.21. The van der Waals surface area contributed by atoms with E-state index in [0.29, 0.717) is 0 Å². The molecule has 0 bridgehead atoms. The van der Waals surface area contributed by atoms with Crippen molar-refractivity contribution in [3.8, 4) is 6.07 Å². The van der Waals surface area contributed by atoms with Crippen LogP contribution < -0.4 is 0 Å². The van der Waals surface area contributed by atoms with Gasteiger partial charge >= 0.3 is 0 Å². The topological polar surface area (TPSA) is 47.0 Å². The number of hydrogen-bond acceptors (Lipinski definition) is 3. The van der Waals surface area contributed by atoms with Crippen LogP contribution in [0.5, 0.6) is 0 Å². The first-order chi connectivity index (χ1) is 3.67. The maximum atomic E-state index is 9.03. The molecule has 1 rings (SSSR count). The van der Waals surface area contributed by atoms with Crippen LogP contribution in [0, 0.1) is 11.3 Å². The minimum Gasteiger partial charge on any atom is -0.364 e. The molecule has 0 saturated carbocycles. The minimum atomic E-state index is -1.21. The lowest BCUT2D eigenvalue weighted by Gasteiger charge is -2.13. The van der Waals surface area contributed by atoms with E-state index in [1.807, 2.05) is 0 Å². The molecule has 0 spiro atoms. The second kappa shape index (κ2) is 1.44. The van der Waals surface area contributed by atoms with E-state index in [9.17, 15) is 0 Å². The summed E-state index contributed by atoms with van der Waals surface area (Å²) in [6.07, 6.45) is 0. The zero-order chi connectivity index (χ0) is 6.20. The molecule has 0 aromatic rings. The number of nitrogens with zero attached hydrogens (tertiary/aromatic N) is 2. The van der Waals surface area contributed by atoms with Gasteiger partial charge in [0.25, 0.3) is 0 Å². The highest BCUT2D eigenvalue weighted by atomic mass is 16.3. The number of hydrogen-bond donors (Lipinski definition) is 1. The molecule has 1 aliphatic rings. The van der Waals surface area contributed by atoms with Crippen molar-refractivity contribution in [1.29, 1.82) is 5.26 Å². The van der Waals surface area contributed by atoms with Crippen LogP contribution in [0.4, 0.5) is 0 Å². The van der Waals surface area contributed by atoms with Crippen molar-refractivity contribution in [3.05, 3.63) is 0 Å². The van der Waals surface area contributed by atoms with Crippen LogP contribution in [0.2, 0.25) is 0 Å². The van der Waals surface area contributed by atoms with Crippen molar-refractivity contribution in [2.24, 2.45) is 0 Å². The van der Waals surface area contributed by atoms with Gasteiger partial charge in [-0.25, -0.2) is 0 Å². The first kappa shape index (κ1) is 5.54. The monoisotopic (exact) mass is 112 g/mol. The molecule has 0 aliphatic carbocycles. The first-order valence-electron chi connectivity index (χ1n) is 2.55. The Bertz CT molecular complexity index is 132. The third-order valence-electron chi connectivity index (χ3n) is 1.27. The molecule has 0 amide bonds. The van der Waals surface area contributed by atoms with Gasteiger partial charge in [0.05, 0.1) is 0 Å². The van der Waals surface area contributed by atoms with Gasteiger partial charge in [-0.2, -0.15) is 5.26 Å². The van der Waals surface area contributed by atoms with Crippen molar-refractivity contribution in [2.45, 2.75) is 12.6 Å². The summed E-state index contributed by atoms with van der Waals surface area (Å²) in [6.45, 7) is 3.20. The smallest absolute Gasteiger partial charge is 0.205 e. The molecule has 1 saturated heterocycles. The maximum Gasteiger partial charge on any atom is 0.205 e.